The highest BCUT2D eigenvalue weighted by molar-refractivity contribution is 6.06. The smallest absolute Gasteiger partial charge is 0.478 e. The maximum Gasteiger partial charge on any atom is 0.490 e. The van der Waals surface area contributed by atoms with E-state index in [-0.39, 0.29) is 11.5 Å². The molecule has 0 aliphatic carbocycles. The van der Waals surface area contributed by atoms with Crippen molar-refractivity contribution >= 4 is 29.2 Å². The summed E-state index contributed by atoms with van der Waals surface area (Å²) in [5.41, 5.74) is 3.13. The molecule has 33 heavy (non-hydrogen) atoms. The second-order valence-electron chi connectivity index (χ2n) is 7.09. The van der Waals surface area contributed by atoms with Gasteiger partial charge in [0.05, 0.1) is 16.9 Å². The zero-order valence-corrected chi connectivity index (χ0v) is 18.6. The molecule has 1 amide bonds. The third-order valence-corrected chi connectivity index (χ3v) is 4.55. The summed E-state index contributed by atoms with van der Waals surface area (Å²) < 4.78 is 31.7. The average Bonchev–Trinajstić information content (AvgIpc) is 2.75. The number of aryl methyl sites for hydroxylation is 1. The molecule has 0 aliphatic heterocycles. The van der Waals surface area contributed by atoms with Gasteiger partial charge in [0.15, 0.2) is 0 Å². The van der Waals surface area contributed by atoms with Crippen molar-refractivity contribution in [2.45, 2.75) is 39.8 Å². The Balaban J connectivity index is 0.000000675. The molecule has 0 aliphatic rings. The first-order valence-corrected chi connectivity index (χ1v) is 10.2. The van der Waals surface area contributed by atoms with Gasteiger partial charge >= 0.3 is 18.1 Å². The molecule has 0 fully saturated rings. The van der Waals surface area contributed by atoms with Crippen LogP contribution in [0.1, 0.15) is 53.0 Å². The summed E-state index contributed by atoms with van der Waals surface area (Å²) in [5.74, 6) is -4.02. The van der Waals surface area contributed by atoms with E-state index in [4.69, 9.17) is 9.90 Å². The van der Waals surface area contributed by atoms with Crippen LogP contribution in [0.25, 0.3) is 0 Å². The molecule has 180 valence electrons. The lowest BCUT2D eigenvalue weighted by Crippen LogP contribution is -2.26. The molecule has 10 heteroatoms. The molecule has 0 unspecified atom stereocenters. The Labute approximate surface area is 189 Å². The van der Waals surface area contributed by atoms with Crippen LogP contribution in [-0.4, -0.2) is 47.3 Å². The van der Waals surface area contributed by atoms with Crippen LogP contribution in [0.4, 0.5) is 24.5 Å². The third-order valence-electron chi connectivity index (χ3n) is 4.55. The van der Waals surface area contributed by atoms with Crippen LogP contribution in [0.2, 0.25) is 0 Å². The highest BCUT2D eigenvalue weighted by Gasteiger charge is 2.38. The molecule has 0 saturated heterocycles. The Morgan fingerprint density at radius 3 is 1.97 bits per heavy atom. The predicted molar refractivity (Wildman–Crippen MR) is 119 cm³/mol. The standard InChI is InChI=1S/C21H26N2O3.C2HF3O2/c1-4-6-13-23(5-2)19-12-11-17(21(25)26)14-18(19)22-20(24)16-9-7-15(3)8-10-16;3-2(4,5)1(6)7/h7-12,14H,4-6,13H2,1-3H3,(H,22,24)(H,25,26);(H,6,7). The molecule has 0 radical (unpaired) electrons. The van der Waals surface area contributed by atoms with Crippen molar-refractivity contribution in [2.75, 3.05) is 23.3 Å². The number of rotatable bonds is 8. The minimum atomic E-state index is -5.08. The molecule has 0 spiro atoms. The maximum absolute atomic E-state index is 12.6. The van der Waals surface area contributed by atoms with E-state index in [1.807, 2.05) is 26.0 Å². The number of amides is 1. The average molecular weight is 468 g/mol. The van der Waals surface area contributed by atoms with E-state index >= 15 is 0 Å². The number of carbonyl (C=O) groups is 3. The molecule has 0 bridgehead atoms. The minimum absolute atomic E-state index is 0.152. The van der Waals surface area contributed by atoms with Crippen molar-refractivity contribution in [3.05, 3.63) is 59.2 Å². The van der Waals surface area contributed by atoms with Gasteiger partial charge in [-0.1, -0.05) is 31.0 Å². The molecule has 0 aromatic heterocycles. The molecule has 0 saturated carbocycles. The van der Waals surface area contributed by atoms with Crippen LogP contribution in [0.15, 0.2) is 42.5 Å². The van der Waals surface area contributed by atoms with Gasteiger partial charge in [-0.15, -0.1) is 0 Å². The zero-order chi connectivity index (χ0) is 25.2. The quantitative estimate of drug-likeness (QED) is 0.491. The van der Waals surface area contributed by atoms with Crippen LogP contribution in [0.3, 0.4) is 0 Å². The fourth-order valence-electron chi connectivity index (χ4n) is 2.74. The molecule has 0 atom stereocenters. The van der Waals surface area contributed by atoms with Crippen LogP contribution < -0.4 is 10.2 Å². The minimum Gasteiger partial charge on any atom is -0.478 e. The number of aliphatic carboxylic acids is 1. The summed E-state index contributed by atoms with van der Waals surface area (Å²) in [6, 6.07) is 12.2. The van der Waals surface area contributed by atoms with Gasteiger partial charge in [-0.05, 0) is 50.6 Å². The lowest BCUT2D eigenvalue weighted by molar-refractivity contribution is -0.192. The van der Waals surface area contributed by atoms with Crippen molar-refractivity contribution in [3.8, 4) is 0 Å². The van der Waals surface area contributed by atoms with Gasteiger partial charge in [-0.2, -0.15) is 13.2 Å². The van der Waals surface area contributed by atoms with E-state index in [9.17, 15) is 27.9 Å². The van der Waals surface area contributed by atoms with E-state index in [0.29, 0.717) is 11.3 Å². The number of alkyl halides is 3. The van der Waals surface area contributed by atoms with Crippen LogP contribution >= 0.6 is 0 Å². The van der Waals surface area contributed by atoms with Gasteiger partial charge in [-0.3, -0.25) is 4.79 Å². The molecule has 0 heterocycles. The number of carboxylic acids is 2. The van der Waals surface area contributed by atoms with E-state index in [1.165, 1.54) is 6.07 Å². The Kier molecular flexibility index (Phi) is 10.4. The zero-order valence-electron chi connectivity index (χ0n) is 18.6. The van der Waals surface area contributed by atoms with Gasteiger partial charge in [0.1, 0.15) is 0 Å². The van der Waals surface area contributed by atoms with Gasteiger partial charge < -0.3 is 20.4 Å². The molecule has 2 aromatic carbocycles. The first kappa shape index (κ1) is 27.5. The number of anilines is 2. The second-order valence-corrected chi connectivity index (χ2v) is 7.09. The highest BCUT2D eigenvalue weighted by atomic mass is 19.4. The van der Waals surface area contributed by atoms with Gasteiger partial charge in [0.25, 0.3) is 5.91 Å². The van der Waals surface area contributed by atoms with Crippen molar-refractivity contribution in [2.24, 2.45) is 0 Å². The number of aromatic carboxylic acids is 1. The van der Waals surface area contributed by atoms with Crippen LogP contribution in [-0.2, 0) is 4.79 Å². The number of carbonyl (C=O) groups excluding carboxylic acids is 1. The third kappa shape index (κ3) is 8.83. The fraction of sp³-hybridized carbons (Fsp3) is 0.348. The first-order valence-electron chi connectivity index (χ1n) is 10.2. The number of nitrogens with one attached hydrogen (secondary N) is 1. The van der Waals surface area contributed by atoms with Crippen LogP contribution in [0, 0.1) is 6.92 Å². The lowest BCUT2D eigenvalue weighted by atomic mass is 10.1. The van der Waals surface area contributed by atoms with Crippen LogP contribution in [0.5, 0.6) is 0 Å². The summed E-state index contributed by atoms with van der Waals surface area (Å²) in [6.07, 6.45) is -2.99. The lowest BCUT2D eigenvalue weighted by Gasteiger charge is -2.26. The SMILES string of the molecule is CCCCN(CC)c1ccc(C(=O)O)cc1NC(=O)c1ccc(C)cc1.O=C(O)C(F)(F)F. The van der Waals surface area contributed by atoms with Crippen molar-refractivity contribution in [1.82, 2.24) is 0 Å². The van der Waals surface area contributed by atoms with E-state index in [0.717, 1.165) is 37.2 Å². The molecular formula is C23H27F3N2O5. The van der Waals surface area contributed by atoms with E-state index in [2.05, 4.69) is 17.1 Å². The first-order chi connectivity index (χ1) is 15.4. The summed E-state index contributed by atoms with van der Waals surface area (Å²) in [6.45, 7) is 7.77. The van der Waals surface area contributed by atoms with E-state index < -0.39 is 18.1 Å². The Morgan fingerprint density at radius 1 is 0.970 bits per heavy atom. The molecule has 7 nitrogen and oxygen atoms in total. The second kappa shape index (κ2) is 12.5. The normalized spacial score (nSPS) is 10.6. The number of hydrogen-bond donors (Lipinski definition) is 3. The largest absolute Gasteiger partial charge is 0.490 e. The molecule has 3 N–H and O–H groups in total. The van der Waals surface area contributed by atoms with Gasteiger partial charge in [-0.25, -0.2) is 9.59 Å². The summed E-state index contributed by atoms with van der Waals surface area (Å²) in [4.78, 5) is 35.0. The summed E-state index contributed by atoms with van der Waals surface area (Å²) in [7, 11) is 0. The van der Waals surface area contributed by atoms with E-state index in [1.54, 1.807) is 24.3 Å². The van der Waals surface area contributed by atoms with Gasteiger partial charge in [0, 0.05) is 18.7 Å². The number of benzene rings is 2. The summed E-state index contributed by atoms with van der Waals surface area (Å²) in [5, 5.41) is 19.3. The van der Waals surface area contributed by atoms with Crippen molar-refractivity contribution in [1.29, 1.82) is 0 Å². The number of halogens is 3. The van der Waals surface area contributed by atoms with Crippen molar-refractivity contribution in [3.63, 3.8) is 0 Å². The topological polar surface area (TPSA) is 107 Å². The number of unbranched alkanes of at least 4 members (excludes halogenated alkanes) is 1. The number of hydrogen-bond acceptors (Lipinski definition) is 4. The summed E-state index contributed by atoms with van der Waals surface area (Å²) >= 11 is 0. The Hall–Kier alpha value is -3.56. The van der Waals surface area contributed by atoms with Gasteiger partial charge in [0.2, 0.25) is 0 Å². The maximum atomic E-state index is 12.6. The molecular weight excluding hydrogens is 441 g/mol. The highest BCUT2D eigenvalue weighted by Crippen LogP contribution is 2.28. The van der Waals surface area contributed by atoms with Crippen molar-refractivity contribution < 1.29 is 37.8 Å². The predicted octanol–water partition coefficient (Wildman–Crippen LogP) is 5.21. The molecule has 2 aromatic rings. The number of carboxylic acid groups (broad SMARTS) is 2. The fourth-order valence-corrected chi connectivity index (χ4v) is 2.74. The number of nitrogens with zero attached hydrogens (tertiary/aromatic N) is 1. The monoisotopic (exact) mass is 468 g/mol. The Bertz CT molecular complexity index is 960. The molecule has 2 rings (SSSR count). The Morgan fingerprint density at radius 2 is 1.52 bits per heavy atom.